The van der Waals surface area contributed by atoms with Gasteiger partial charge in [0.15, 0.2) is 11.5 Å². The highest BCUT2D eigenvalue weighted by Gasteiger charge is 2.63. The van der Waals surface area contributed by atoms with Crippen LogP contribution in [0, 0.1) is 40.9 Å². The molecule has 276 valence electrons. The lowest BCUT2D eigenvalue weighted by Crippen LogP contribution is -2.61. The number of unbranched alkanes of at least 4 members (excludes halogenated alkanes) is 2. The molecular weight excluding hydrogens is 634 g/mol. The minimum absolute atomic E-state index is 0.00632. The van der Waals surface area contributed by atoms with Crippen LogP contribution in [0.5, 0.6) is 0 Å². The number of benzene rings is 1. The first-order valence-corrected chi connectivity index (χ1v) is 20.5. The molecule has 1 aromatic carbocycles. The first-order valence-electron chi connectivity index (χ1n) is 20.5. The van der Waals surface area contributed by atoms with Crippen LogP contribution in [0.4, 0.5) is 0 Å². The number of esters is 1. The van der Waals surface area contributed by atoms with Gasteiger partial charge in [0, 0.05) is 36.4 Å². The normalized spacial score (nSPS) is 37.8. The van der Waals surface area contributed by atoms with Gasteiger partial charge < -0.3 is 19.3 Å². The Labute approximate surface area is 306 Å². The number of cyclic esters (lactones) is 1. The fourth-order valence-corrected chi connectivity index (χ4v) is 12.4. The van der Waals surface area contributed by atoms with Crippen molar-refractivity contribution in [1.29, 1.82) is 0 Å². The monoisotopic (exact) mass is 695 g/mol. The van der Waals surface area contributed by atoms with Crippen molar-refractivity contribution in [1.82, 2.24) is 4.90 Å². The summed E-state index contributed by atoms with van der Waals surface area (Å²) >= 11 is 0. The SMILES string of the molecule is CCCCCc1cccc([C@H]2[C@@H]3C[C@@H]4[C@H]5C(=CCCN4[C@H]([C@@H](O)[C@H]4C=CC[C@@H](C)C4)[C@H]3CC23CCCC3)OC(=C2OC(=O)C(C)=C2OC)[C@H]5C)c1. The van der Waals surface area contributed by atoms with E-state index in [0.717, 1.165) is 44.4 Å². The Hall–Kier alpha value is -2.83. The van der Waals surface area contributed by atoms with Crippen molar-refractivity contribution < 1.29 is 24.1 Å². The van der Waals surface area contributed by atoms with E-state index in [-0.39, 0.29) is 35.8 Å². The second-order valence-corrected chi connectivity index (χ2v) is 17.5. The molecule has 8 rings (SSSR count). The average molecular weight is 696 g/mol. The smallest absolute Gasteiger partial charge is 0.343 e. The van der Waals surface area contributed by atoms with Crippen molar-refractivity contribution in [2.24, 2.45) is 40.9 Å². The van der Waals surface area contributed by atoms with E-state index in [1.54, 1.807) is 19.6 Å². The first kappa shape index (κ1) is 35.2. The zero-order chi connectivity index (χ0) is 35.4. The van der Waals surface area contributed by atoms with E-state index in [0.29, 0.717) is 51.9 Å². The molecule has 0 amide bonds. The molecule has 2 saturated carbocycles. The van der Waals surface area contributed by atoms with Gasteiger partial charge in [0.05, 0.1) is 18.8 Å². The molecule has 7 aliphatic rings. The second-order valence-electron chi connectivity index (χ2n) is 17.5. The van der Waals surface area contributed by atoms with Crippen LogP contribution >= 0.6 is 0 Å². The van der Waals surface area contributed by atoms with Crippen LogP contribution < -0.4 is 0 Å². The van der Waals surface area contributed by atoms with Crippen molar-refractivity contribution in [3.05, 3.63) is 82.2 Å². The van der Waals surface area contributed by atoms with Crippen molar-refractivity contribution in [2.45, 2.75) is 135 Å². The number of ether oxygens (including phenoxy) is 3. The lowest BCUT2D eigenvalue weighted by molar-refractivity contribution is -0.133. The van der Waals surface area contributed by atoms with E-state index in [1.807, 2.05) is 0 Å². The number of carbonyl (C=O) groups is 1. The van der Waals surface area contributed by atoms with Crippen LogP contribution in [0.2, 0.25) is 0 Å². The van der Waals surface area contributed by atoms with Crippen LogP contribution in [0.3, 0.4) is 0 Å². The maximum atomic E-state index is 12.8. The number of hydrogen-bond donors (Lipinski definition) is 1. The number of methoxy groups -OCH3 is 1. The van der Waals surface area contributed by atoms with E-state index in [2.05, 4.69) is 68.2 Å². The summed E-state index contributed by atoms with van der Waals surface area (Å²) in [5.74, 6) is 4.64. The number of nitrogens with zero attached hydrogens (tertiary/aromatic N) is 1. The van der Waals surface area contributed by atoms with Crippen LogP contribution in [-0.2, 0) is 25.4 Å². The third kappa shape index (κ3) is 6.05. The molecule has 2 saturated heterocycles. The van der Waals surface area contributed by atoms with Gasteiger partial charge in [0.25, 0.3) is 0 Å². The van der Waals surface area contributed by atoms with Gasteiger partial charge in [-0.3, -0.25) is 4.90 Å². The van der Waals surface area contributed by atoms with Gasteiger partial charge in [-0.1, -0.05) is 82.9 Å². The number of carbonyl (C=O) groups excluding carboxylic acids is 1. The molecule has 1 N–H and O–H groups in total. The molecule has 4 aliphatic heterocycles. The van der Waals surface area contributed by atoms with Gasteiger partial charge in [-0.15, -0.1) is 0 Å². The lowest BCUT2D eigenvalue weighted by atomic mass is 9.65. The summed E-state index contributed by atoms with van der Waals surface area (Å²) in [6.45, 7) is 9.58. The number of rotatable bonds is 8. The first-order chi connectivity index (χ1) is 24.7. The summed E-state index contributed by atoms with van der Waals surface area (Å²) < 4.78 is 18.3. The van der Waals surface area contributed by atoms with Gasteiger partial charge in [-0.2, -0.15) is 0 Å². The molecule has 10 atom stereocenters. The Morgan fingerprint density at radius 3 is 2.69 bits per heavy atom. The molecule has 1 spiro atoms. The van der Waals surface area contributed by atoms with E-state index < -0.39 is 6.10 Å². The fraction of sp³-hybridized carbons (Fsp3) is 0.667. The number of allylic oxidation sites excluding steroid dienone is 2. The van der Waals surface area contributed by atoms with Gasteiger partial charge in [-0.05, 0) is 111 Å². The molecule has 51 heavy (non-hydrogen) atoms. The zero-order valence-corrected chi connectivity index (χ0v) is 31.7. The average Bonchev–Trinajstić information content (AvgIpc) is 3.85. The highest BCUT2D eigenvalue weighted by atomic mass is 16.6. The number of fused-ring (bicyclic) bond motifs is 4. The molecular formula is C45H61NO5. The Bertz CT molecular complexity index is 1610. The minimum Gasteiger partial charge on any atom is -0.492 e. The second kappa shape index (κ2) is 14.2. The Morgan fingerprint density at radius 1 is 1.10 bits per heavy atom. The highest BCUT2D eigenvalue weighted by molar-refractivity contribution is 5.93. The molecule has 0 bridgehead atoms. The Morgan fingerprint density at radius 2 is 1.92 bits per heavy atom. The summed E-state index contributed by atoms with van der Waals surface area (Å²) in [6.07, 6.45) is 22.1. The lowest BCUT2D eigenvalue weighted by Gasteiger charge is -2.53. The summed E-state index contributed by atoms with van der Waals surface area (Å²) in [4.78, 5) is 15.5. The van der Waals surface area contributed by atoms with Gasteiger partial charge in [-0.25, -0.2) is 4.79 Å². The third-order valence-corrected chi connectivity index (χ3v) is 14.5. The number of hydrogen-bond acceptors (Lipinski definition) is 6. The highest BCUT2D eigenvalue weighted by Crippen LogP contribution is 2.67. The summed E-state index contributed by atoms with van der Waals surface area (Å²) in [7, 11) is 1.60. The quantitative estimate of drug-likeness (QED) is 0.166. The van der Waals surface area contributed by atoms with E-state index in [9.17, 15) is 9.90 Å². The molecule has 1 aromatic rings. The van der Waals surface area contributed by atoms with Crippen molar-refractivity contribution >= 4 is 5.97 Å². The number of aliphatic hydroxyl groups excluding tert-OH is 1. The molecule has 4 heterocycles. The molecule has 0 radical (unpaired) electrons. The van der Waals surface area contributed by atoms with Gasteiger partial charge >= 0.3 is 5.97 Å². The molecule has 0 unspecified atom stereocenters. The van der Waals surface area contributed by atoms with Crippen LogP contribution in [0.25, 0.3) is 0 Å². The standard InChI is InChI=1S/C45H61NO5/c1-6-7-8-15-30-16-12-17-31(24-30)38-33-25-35-37-28(3)42(43-41(49-5)29(4)44(48)51-43)50-36(37)19-13-22-46(35)39(34(33)26-45(38)20-9-10-21-45)40(47)32-18-11-14-27(2)23-32/h11-12,16-19,24,27-28,32-35,37-40,47H,6-10,13-15,20-23,25-26H2,1-5H3/t27-,28+,32+,33-,34+,35-,37+,38+,39+,40+/m1/s1. The fourth-order valence-electron chi connectivity index (χ4n) is 12.4. The number of piperidine rings is 1. The zero-order valence-electron chi connectivity index (χ0n) is 31.7. The molecule has 4 fully saturated rings. The van der Waals surface area contributed by atoms with Crippen LogP contribution in [0.15, 0.2) is 71.1 Å². The Kier molecular flexibility index (Phi) is 9.80. The van der Waals surface area contributed by atoms with Crippen LogP contribution in [-0.4, -0.2) is 47.8 Å². The van der Waals surface area contributed by atoms with Crippen molar-refractivity contribution in [3.63, 3.8) is 0 Å². The van der Waals surface area contributed by atoms with Crippen LogP contribution in [0.1, 0.15) is 122 Å². The van der Waals surface area contributed by atoms with E-state index >= 15 is 0 Å². The van der Waals surface area contributed by atoms with Crippen molar-refractivity contribution in [2.75, 3.05) is 13.7 Å². The predicted molar refractivity (Wildman–Crippen MR) is 200 cm³/mol. The Balaban J connectivity index is 1.22. The van der Waals surface area contributed by atoms with Gasteiger partial charge in [0.1, 0.15) is 5.76 Å². The number of aryl methyl sites for hydroxylation is 1. The summed E-state index contributed by atoms with van der Waals surface area (Å²) in [6, 6.07) is 10.1. The van der Waals surface area contributed by atoms with Gasteiger partial charge in [0.2, 0.25) is 5.76 Å². The molecule has 3 aliphatic carbocycles. The largest absolute Gasteiger partial charge is 0.492 e. The summed E-state index contributed by atoms with van der Waals surface area (Å²) in [5, 5.41) is 12.8. The predicted octanol–water partition coefficient (Wildman–Crippen LogP) is 9.36. The molecule has 0 aromatic heterocycles. The maximum Gasteiger partial charge on any atom is 0.343 e. The minimum atomic E-state index is -0.407. The summed E-state index contributed by atoms with van der Waals surface area (Å²) in [5.41, 5.74) is 3.83. The maximum absolute atomic E-state index is 12.8. The third-order valence-electron chi connectivity index (χ3n) is 14.5. The topological polar surface area (TPSA) is 68.2 Å². The number of aliphatic hydroxyl groups is 1. The molecule has 6 heteroatoms. The molecule has 6 nitrogen and oxygen atoms in total. The van der Waals surface area contributed by atoms with E-state index in [1.165, 1.54) is 56.9 Å². The van der Waals surface area contributed by atoms with Crippen molar-refractivity contribution in [3.8, 4) is 0 Å². The van der Waals surface area contributed by atoms with E-state index in [4.69, 9.17) is 14.2 Å².